The van der Waals surface area contributed by atoms with Crippen molar-refractivity contribution in [1.29, 1.82) is 0 Å². The van der Waals surface area contributed by atoms with Crippen LogP contribution in [-0.2, 0) is 0 Å². The summed E-state index contributed by atoms with van der Waals surface area (Å²) in [6.45, 7) is 0. The number of aromatic nitrogens is 4. The first-order chi connectivity index (χ1) is 24.3. The summed E-state index contributed by atoms with van der Waals surface area (Å²) in [7, 11) is 0. The predicted octanol–water partition coefficient (Wildman–Crippen LogP) is 11.4. The first kappa shape index (κ1) is 27.5. The molecular weight excluding hydrogens is 597 g/mol. The molecule has 49 heavy (non-hydrogen) atoms. The van der Waals surface area contributed by atoms with Gasteiger partial charge in [-0.1, -0.05) is 133 Å². The fourth-order valence-electron chi connectivity index (χ4n) is 7.27. The number of nitrogens with zero attached hydrogens (tertiary/aromatic N) is 4. The third kappa shape index (κ3) is 4.49. The van der Waals surface area contributed by atoms with Crippen LogP contribution in [0.4, 0.5) is 0 Å². The Bertz CT molecular complexity index is 2800. The lowest BCUT2D eigenvalue weighted by molar-refractivity contribution is 1.07. The molecule has 0 N–H and O–H groups in total. The number of hydrogen-bond acceptors (Lipinski definition) is 3. The molecule has 4 nitrogen and oxygen atoms in total. The second kappa shape index (κ2) is 11.0. The summed E-state index contributed by atoms with van der Waals surface area (Å²) in [6.07, 6.45) is 0. The Labute approximate surface area is 282 Å². The molecule has 0 fully saturated rings. The minimum absolute atomic E-state index is 0.628. The second-order valence-corrected chi connectivity index (χ2v) is 12.5. The van der Waals surface area contributed by atoms with Gasteiger partial charge in [0.25, 0.3) is 0 Å². The van der Waals surface area contributed by atoms with Crippen LogP contribution in [-0.4, -0.2) is 19.5 Å². The quantitative estimate of drug-likeness (QED) is 0.196. The smallest absolute Gasteiger partial charge is 0.166 e. The Hall–Kier alpha value is -6.65. The molecule has 0 saturated carbocycles. The van der Waals surface area contributed by atoms with Gasteiger partial charge in [0.15, 0.2) is 17.5 Å². The molecule has 8 aromatic carbocycles. The molecule has 4 heteroatoms. The van der Waals surface area contributed by atoms with E-state index in [9.17, 15) is 0 Å². The van der Waals surface area contributed by atoms with E-state index in [0.717, 1.165) is 44.2 Å². The fourth-order valence-corrected chi connectivity index (χ4v) is 7.27. The molecule has 0 aliphatic carbocycles. The zero-order valence-corrected chi connectivity index (χ0v) is 26.5. The summed E-state index contributed by atoms with van der Waals surface area (Å²) >= 11 is 0. The lowest BCUT2D eigenvalue weighted by Gasteiger charge is -2.15. The van der Waals surface area contributed by atoms with E-state index in [4.69, 9.17) is 15.0 Å². The van der Waals surface area contributed by atoms with Crippen LogP contribution < -0.4 is 0 Å². The van der Waals surface area contributed by atoms with Gasteiger partial charge in [0, 0.05) is 27.5 Å². The van der Waals surface area contributed by atoms with E-state index >= 15 is 0 Å². The van der Waals surface area contributed by atoms with E-state index in [1.165, 1.54) is 32.3 Å². The molecule has 10 aromatic rings. The third-order valence-electron chi connectivity index (χ3n) is 9.60. The molecule has 2 heterocycles. The van der Waals surface area contributed by atoms with Gasteiger partial charge < -0.3 is 4.57 Å². The van der Waals surface area contributed by atoms with E-state index in [2.05, 4.69) is 174 Å². The minimum atomic E-state index is 0.628. The highest BCUT2D eigenvalue weighted by molar-refractivity contribution is 6.21. The van der Waals surface area contributed by atoms with Gasteiger partial charge in [0.05, 0.1) is 16.7 Å². The van der Waals surface area contributed by atoms with Crippen molar-refractivity contribution >= 4 is 54.1 Å². The van der Waals surface area contributed by atoms with Gasteiger partial charge >= 0.3 is 0 Å². The summed E-state index contributed by atoms with van der Waals surface area (Å²) < 4.78 is 2.36. The van der Waals surface area contributed by atoms with Crippen LogP contribution >= 0.6 is 0 Å². The first-order valence-electron chi connectivity index (χ1n) is 16.5. The lowest BCUT2D eigenvalue weighted by atomic mass is 10.0. The van der Waals surface area contributed by atoms with Crippen LogP contribution in [0.2, 0.25) is 0 Å². The summed E-state index contributed by atoms with van der Waals surface area (Å²) in [5.41, 5.74) is 6.13. The standard InChI is InChI=1S/C45H28N4/c1-3-14-32-27-34(23-21-29(32)11-1)43-46-44(35-24-22-30-12-2-4-15-33(30)28-35)48-45(47-43)38-18-8-10-20-40(38)49-39-19-9-7-17-37(39)42-36-16-6-5-13-31(36)25-26-41(42)49/h1-28H. The van der Waals surface area contributed by atoms with Gasteiger partial charge in [-0.3, -0.25) is 0 Å². The maximum atomic E-state index is 5.21. The van der Waals surface area contributed by atoms with Crippen LogP contribution in [0.25, 0.3) is 94.0 Å². The van der Waals surface area contributed by atoms with Crippen LogP contribution in [0.3, 0.4) is 0 Å². The van der Waals surface area contributed by atoms with Crippen molar-refractivity contribution < 1.29 is 0 Å². The summed E-state index contributed by atoms with van der Waals surface area (Å²) in [6, 6.07) is 59.8. The zero-order valence-electron chi connectivity index (χ0n) is 26.5. The van der Waals surface area contributed by atoms with E-state index in [0.29, 0.717) is 17.5 Å². The molecule has 228 valence electrons. The van der Waals surface area contributed by atoms with Crippen molar-refractivity contribution in [3.8, 4) is 39.9 Å². The van der Waals surface area contributed by atoms with Gasteiger partial charge in [-0.25, -0.2) is 15.0 Å². The maximum Gasteiger partial charge on any atom is 0.166 e. The van der Waals surface area contributed by atoms with E-state index < -0.39 is 0 Å². The fraction of sp³-hybridized carbons (Fsp3) is 0. The maximum absolute atomic E-state index is 5.21. The summed E-state index contributed by atoms with van der Waals surface area (Å²) in [5.74, 6) is 1.91. The molecule has 10 rings (SSSR count). The number of para-hydroxylation sites is 2. The molecule has 0 aliphatic rings. The van der Waals surface area contributed by atoms with Gasteiger partial charge in [0.2, 0.25) is 0 Å². The van der Waals surface area contributed by atoms with Crippen molar-refractivity contribution in [3.63, 3.8) is 0 Å². The van der Waals surface area contributed by atoms with Crippen molar-refractivity contribution in [3.05, 3.63) is 170 Å². The highest BCUT2D eigenvalue weighted by atomic mass is 15.1. The van der Waals surface area contributed by atoms with Crippen LogP contribution in [0.5, 0.6) is 0 Å². The molecule has 0 bridgehead atoms. The van der Waals surface area contributed by atoms with Crippen molar-refractivity contribution in [1.82, 2.24) is 19.5 Å². The SMILES string of the molecule is c1ccc(-n2c3ccccc3c3c4ccccc4ccc32)c(-c2nc(-c3ccc4ccccc4c3)nc(-c3ccc4ccccc4c3)n2)c1. The largest absolute Gasteiger partial charge is 0.308 e. The minimum Gasteiger partial charge on any atom is -0.308 e. The molecule has 0 atom stereocenters. The Kier molecular flexibility index (Phi) is 6.15. The molecule has 0 amide bonds. The average molecular weight is 625 g/mol. The molecular formula is C45H28N4. The Morgan fingerprint density at radius 1 is 0.347 bits per heavy atom. The van der Waals surface area contributed by atoms with Gasteiger partial charge in [-0.05, 0) is 68.7 Å². The van der Waals surface area contributed by atoms with Crippen LogP contribution in [0.1, 0.15) is 0 Å². The molecule has 0 aliphatic heterocycles. The molecule has 2 aromatic heterocycles. The normalized spacial score (nSPS) is 11.7. The van der Waals surface area contributed by atoms with Crippen molar-refractivity contribution in [2.24, 2.45) is 0 Å². The number of fused-ring (bicyclic) bond motifs is 7. The summed E-state index contributed by atoms with van der Waals surface area (Å²) in [4.78, 5) is 15.5. The second-order valence-electron chi connectivity index (χ2n) is 12.5. The van der Waals surface area contributed by atoms with Crippen molar-refractivity contribution in [2.75, 3.05) is 0 Å². The first-order valence-corrected chi connectivity index (χ1v) is 16.5. The Balaban J connectivity index is 1.25. The predicted molar refractivity (Wildman–Crippen MR) is 203 cm³/mol. The van der Waals surface area contributed by atoms with Crippen LogP contribution in [0.15, 0.2) is 170 Å². The van der Waals surface area contributed by atoms with Gasteiger partial charge in [-0.2, -0.15) is 0 Å². The molecule has 0 radical (unpaired) electrons. The van der Waals surface area contributed by atoms with Gasteiger partial charge in [0.1, 0.15) is 0 Å². The number of benzene rings is 8. The monoisotopic (exact) mass is 624 g/mol. The zero-order chi connectivity index (χ0) is 32.3. The average Bonchev–Trinajstić information content (AvgIpc) is 3.52. The van der Waals surface area contributed by atoms with Crippen LogP contribution in [0, 0.1) is 0 Å². The number of hydrogen-bond donors (Lipinski definition) is 0. The van der Waals surface area contributed by atoms with E-state index in [1.807, 2.05) is 0 Å². The Morgan fingerprint density at radius 3 is 1.55 bits per heavy atom. The van der Waals surface area contributed by atoms with Crippen molar-refractivity contribution in [2.45, 2.75) is 0 Å². The molecule has 0 spiro atoms. The third-order valence-corrected chi connectivity index (χ3v) is 9.60. The lowest BCUT2D eigenvalue weighted by Crippen LogP contribution is -2.03. The van der Waals surface area contributed by atoms with Gasteiger partial charge in [-0.15, -0.1) is 0 Å². The molecule has 0 saturated heterocycles. The highest BCUT2D eigenvalue weighted by Gasteiger charge is 2.20. The number of rotatable bonds is 4. The summed E-state index contributed by atoms with van der Waals surface area (Å²) in [5, 5.41) is 9.58. The molecule has 0 unspecified atom stereocenters. The highest BCUT2D eigenvalue weighted by Crippen LogP contribution is 2.39. The van der Waals surface area contributed by atoms with E-state index in [-0.39, 0.29) is 0 Å². The topological polar surface area (TPSA) is 43.6 Å². The van der Waals surface area contributed by atoms with E-state index in [1.54, 1.807) is 0 Å². The Morgan fingerprint density at radius 2 is 0.857 bits per heavy atom.